The minimum atomic E-state index is -0.764. The van der Waals surface area contributed by atoms with Crippen LogP contribution in [0.3, 0.4) is 0 Å². The van der Waals surface area contributed by atoms with Crippen molar-refractivity contribution in [2.45, 2.75) is 39.2 Å². The summed E-state index contributed by atoms with van der Waals surface area (Å²) in [5.74, 6) is -1.28. The van der Waals surface area contributed by atoms with E-state index in [1.165, 1.54) is 42.3 Å². The number of benzene rings is 1. The van der Waals surface area contributed by atoms with Gasteiger partial charge in [0.2, 0.25) is 5.91 Å². The number of halogens is 1. The zero-order valence-electron chi connectivity index (χ0n) is 18.8. The SMILES string of the molecule is CC1=C(C(=O)Nc2ccc(F)cc2)[C@H](c2ccco2)C(C#N)=C(SCC(=O)NC(C)(C)C)N1. The number of thioether (sulfide) groups is 1. The number of nitriles is 1. The number of amides is 2. The average Bonchev–Trinajstić information content (AvgIpc) is 3.26. The molecule has 0 aliphatic carbocycles. The Balaban J connectivity index is 1.91. The fourth-order valence-corrected chi connectivity index (χ4v) is 4.28. The molecule has 2 amide bonds. The maximum absolute atomic E-state index is 13.2. The number of furan rings is 1. The topological polar surface area (TPSA) is 107 Å². The second kappa shape index (κ2) is 9.96. The van der Waals surface area contributed by atoms with Crippen LogP contribution in [0.25, 0.3) is 0 Å². The van der Waals surface area contributed by atoms with Crippen LogP contribution in [0, 0.1) is 17.1 Å². The fraction of sp³-hybridized carbons (Fsp3) is 0.292. The zero-order valence-corrected chi connectivity index (χ0v) is 19.6. The van der Waals surface area contributed by atoms with Crippen LogP contribution in [0.2, 0.25) is 0 Å². The summed E-state index contributed by atoms with van der Waals surface area (Å²) in [4.78, 5) is 25.5. The molecule has 1 aliphatic rings. The van der Waals surface area contributed by atoms with E-state index in [0.29, 0.717) is 27.7 Å². The van der Waals surface area contributed by atoms with Crippen molar-refractivity contribution in [1.29, 1.82) is 5.26 Å². The molecule has 1 atom stereocenters. The number of hydrogen-bond acceptors (Lipinski definition) is 6. The number of rotatable bonds is 6. The smallest absolute Gasteiger partial charge is 0.254 e. The van der Waals surface area contributed by atoms with Crippen LogP contribution in [0.1, 0.15) is 39.4 Å². The average molecular weight is 469 g/mol. The van der Waals surface area contributed by atoms with E-state index in [4.69, 9.17) is 4.42 Å². The molecule has 7 nitrogen and oxygen atoms in total. The monoisotopic (exact) mass is 468 g/mol. The van der Waals surface area contributed by atoms with Gasteiger partial charge >= 0.3 is 0 Å². The van der Waals surface area contributed by atoms with Crippen LogP contribution >= 0.6 is 11.8 Å². The molecule has 0 radical (unpaired) electrons. The van der Waals surface area contributed by atoms with E-state index in [1.807, 2.05) is 20.8 Å². The third-order valence-electron chi connectivity index (χ3n) is 4.68. The Labute approximate surface area is 196 Å². The summed E-state index contributed by atoms with van der Waals surface area (Å²) < 4.78 is 18.8. The second-order valence-electron chi connectivity index (χ2n) is 8.51. The highest BCUT2D eigenvalue weighted by atomic mass is 32.2. The second-order valence-corrected chi connectivity index (χ2v) is 9.50. The van der Waals surface area contributed by atoms with E-state index in [0.717, 1.165) is 0 Å². The Hall–Kier alpha value is -3.51. The lowest BCUT2D eigenvalue weighted by Gasteiger charge is -2.28. The number of allylic oxidation sites excluding steroid dienone is 2. The van der Waals surface area contributed by atoms with Gasteiger partial charge in [-0.2, -0.15) is 5.26 Å². The number of nitrogens with one attached hydrogen (secondary N) is 3. The lowest BCUT2D eigenvalue weighted by Crippen LogP contribution is -2.41. The minimum absolute atomic E-state index is 0.0973. The normalized spacial score (nSPS) is 16.2. The Morgan fingerprint density at radius 2 is 1.94 bits per heavy atom. The number of hydrogen-bond donors (Lipinski definition) is 3. The molecule has 0 saturated carbocycles. The molecule has 172 valence electrons. The molecule has 33 heavy (non-hydrogen) atoms. The van der Waals surface area contributed by atoms with Gasteiger partial charge < -0.3 is 20.4 Å². The first-order valence-corrected chi connectivity index (χ1v) is 11.2. The zero-order chi connectivity index (χ0) is 24.2. The summed E-state index contributed by atoms with van der Waals surface area (Å²) in [5.41, 5.74) is 1.14. The third kappa shape index (κ3) is 6.05. The number of anilines is 1. The van der Waals surface area contributed by atoms with Gasteiger partial charge in [-0.25, -0.2) is 4.39 Å². The fourth-order valence-electron chi connectivity index (χ4n) is 3.39. The summed E-state index contributed by atoms with van der Waals surface area (Å²) >= 11 is 1.19. The first-order chi connectivity index (χ1) is 15.6. The van der Waals surface area contributed by atoms with Crippen molar-refractivity contribution in [1.82, 2.24) is 10.6 Å². The van der Waals surface area contributed by atoms with E-state index in [9.17, 15) is 19.2 Å². The van der Waals surface area contributed by atoms with Crippen LogP contribution < -0.4 is 16.0 Å². The van der Waals surface area contributed by atoms with Crippen molar-refractivity contribution >= 4 is 29.3 Å². The molecule has 3 rings (SSSR count). The van der Waals surface area contributed by atoms with E-state index < -0.39 is 17.6 Å². The lowest BCUT2D eigenvalue weighted by molar-refractivity contribution is -0.120. The molecule has 9 heteroatoms. The molecule has 0 spiro atoms. The van der Waals surface area contributed by atoms with Gasteiger partial charge in [-0.15, -0.1) is 0 Å². The van der Waals surface area contributed by atoms with E-state index in [2.05, 4.69) is 22.0 Å². The van der Waals surface area contributed by atoms with Crippen LogP contribution in [-0.4, -0.2) is 23.1 Å². The Morgan fingerprint density at radius 1 is 1.24 bits per heavy atom. The van der Waals surface area contributed by atoms with Crippen LogP contribution in [0.15, 0.2) is 69.0 Å². The molecule has 1 aromatic carbocycles. The number of carbonyl (C=O) groups excluding carboxylic acids is 2. The molecule has 3 N–H and O–H groups in total. The van der Waals surface area contributed by atoms with Gasteiger partial charge in [0.1, 0.15) is 11.6 Å². The van der Waals surface area contributed by atoms with Crippen molar-refractivity contribution < 1.29 is 18.4 Å². The van der Waals surface area contributed by atoms with Crippen molar-refractivity contribution in [2.24, 2.45) is 0 Å². The highest BCUT2D eigenvalue weighted by Crippen LogP contribution is 2.41. The standard InChI is InChI=1S/C24H25FN4O3S/c1-14-20(22(31)28-16-9-7-15(25)8-10-16)21(18-6-5-11-32-18)17(12-26)23(27-14)33-13-19(30)29-24(2,3)4/h5-11,21,27H,13H2,1-4H3,(H,28,31)(H,29,30)/t21-/m0/s1. The number of dihydropyridines is 1. The minimum Gasteiger partial charge on any atom is -0.468 e. The predicted octanol–water partition coefficient (Wildman–Crippen LogP) is 4.40. The van der Waals surface area contributed by atoms with Crippen LogP contribution in [0.5, 0.6) is 0 Å². The van der Waals surface area contributed by atoms with Crippen molar-refractivity contribution in [2.75, 3.05) is 11.1 Å². The molecule has 0 bridgehead atoms. The predicted molar refractivity (Wildman–Crippen MR) is 125 cm³/mol. The molecule has 0 saturated heterocycles. The summed E-state index contributed by atoms with van der Waals surface area (Å²) in [6, 6.07) is 11.0. The lowest BCUT2D eigenvalue weighted by atomic mass is 9.85. The molecule has 1 aromatic heterocycles. The van der Waals surface area contributed by atoms with Crippen molar-refractivity contribution in [3.8, 4) is 6.07 Å². The van der Waals surface area contributed by atoms with Gasteiger partial charge in [-0.3, -0.25) is 9.59 Å². The van der Waals surface area contributed by atoms with Gasteiger partial charge in [-0.1, -0.05) is 11.8 Å². The first kappa shape index (κ1) is 24.1. The summed E-state index contributed by atoms with van der Waals surface area (Å²) in [6.07, 6.45) is 1.47. The highest BCUT2D eigenvalue weighted by Gasteiger charge is 2.36. The molecule has 2 aromatic rings. The van der Waals surface area contributed by atoms with Crippen molar-refractivity contribution in [3.63, 3.8) is 0 Å². The quantitative estimate of drug-likeness (QED) is 0.580. The van der Waals surface area contributed by atoms with Gasteiger partial charge in [0.25, 0.3) is 5.91 Å². The van der Waals surface area contributed by atoms with Gasteiger partial charge in [0.05, 0.1) is 40.2 Å². The molecule has 0 unspecified atom stereocenters. The summed E-state index contributed by atoms with van der Waals surface area (Å²) in [6.45, 7) is 7.39. The van der Waals surface area contributed by atoms with E-state index in [-0.39, 0.29) is 22.8 Å². The van der Waals surface area contributed by atoms with Gasteiger partial charge in [0.15, 0.2) is 0 Å². The molecule has 1 aliphatic heterocycles. The van der Waals surface area contributed by atoms with Gasteiger partial charge in [-0.05, 0) is 64.1 Å². The third-order valence-corrected chi connectivity index (χ3v) is 5.70. The highest BCUT2D eigenvalue weighted by molar-refractivity contribution is 8.03. The number of carbonyl (C=O) groups is 2. The van der Waals surface area contributed by atoms with Gasteiger partial charge in [0, 0.05) is 16.9 Å². The maximum Gasteiger partial charge on any atom is 0.254 e. The Bertz CT molecular complexity index is 1140. The van der Waals surface area contributed by atoms with E-state index in [1.54, 1.807) is 19.1 Å². The molecular formula is C24H25FN4O3S. The molecule has 0 fully saturated rings. The Morgan fingerprint density at radius 3 is 2.52 bits per heavy atom. The van der Waals surface area contributed by atoms with E-state index >= 15 is 0 Å². The molecular weight excluding hydrogens is 443 g/mol. The largest absolute Gasteiger partial charge is 0.468 e. The van der Waals surface area contributed by atoms with Crippen LogP contribution in [0.4, 0.5) is 10.1 Å². The maximum atomic E-state index is 13.2. The summed E-state index contributed by atoms with van der Waals surface area (Å²) in [5, 5.41) is 19.2. The number of nitrogens with zero attached hydrogens (tertiary/aromatic N) is 1. The molecule has 2 heterocycles. The summed E-state index contributed by atoms with van der Waals surface area (Å²) in [7, 11) is 0. The van der Waals surface area contributed by atoms with Crippen LogP contribution in [-0.2, 0) is 9.59 Å². The Kier molecular flexibility index (Phi) is 7.29. The van der Waals surface area contributed by atoms with Crippen molar-refractivity contribution in [3.05, 3.63) is 76.1 Å². The first-order valence-electron chi connectivity index (χ1n) is 10.2.